The van der Waals surface area contributed by atoms with Gasteiger partial charge in [-0.25, -0.2) is 0 Å². The Bertz CT molecular complexity index is 485. The van der Waals surface area contributed by atoms with Crippen molar-refractivity contribution >= 4 is 5.91 Å². The van der Waals surface area contributed by atoms with Crippen LogP contribution in [-0.2, 0) is 20.9 Å². The Balaban J connectivity index is 1.77. The Labute approximate surface area is 151 Å². The van der Waals surface area contributed by atoms with Crippen molar-refractivity contribution in [1.29, 1.82) is 0 Å². The van der Waals surface area contributed by atoms with E-state index in [0.717, 1.165) is 44.7 Å². The van der Waals surface area contributed by atoms with Gasteiger partial charge in [-0.3, -0.25) is 9.69 Å². The molecule has 1 saturated heterocycles. The van der Waals surface area contributed by atoms with Gasteiger partial charge in [-0.1, -0.05) is 57.0 Å². The second-order valence-electron chi connectivity index (χ2n) is 6.57. The number of carbonyl (C=O) groups is 1. The lowest BCUT2D eigenvalue weighted by Gasteiger charge is -2.38. The number of nitrogens with zero attached hydrogens (tertiary/aromatic N) is 1. The molecule has 1 fully saturated rings. The molecule has 1 atom stereocenters. The lowest BCUT2D eigenvalue weighted by atomic mass is 9.92. The minimum atomic E-state index is -0.0415. The highest BCUT2D eigenvalue weighted by Gasteiger charge is 2.27. The van der Waals surface area contributed by atoms with Gasteiger partial charge in [0.15, 0.2) is 0 Å². The van der Waals surface area contributed by atoms with Gasteiger partial charge in [0.05, 0.1) is 19.8 Å². The summed E-state index contributed by atoms with van der Waals surface area (Å²) in [7, 11) is 0. The van der Waals surface area contributed by atoms with Gasteiger partial charge in [-0.2, -0.15) is 0 Å². The largest absolute Gasteiger partial charge is 0.379 e. The number of hydrogen-bond donors (Lipinski definition) is 1. The molecule has 25 heavy (non-hydrogen) atoms. The Kier molecular flexibility index (Phi) is 8.94. The normalized spacial score (nSPS) is 16.8. The maximum Gasteiger partial charge on any atom is 0.246 e. The number of rotatable bonds is 10. The number of ether oxygens (including phenoxy) is 2. The quantitative estimate of drug-likeness (QED) is 0.706. The van der Waals surface area contributed by atoms with Crippen molar-refractivity contribution in [2.24, 2.45) is 5.92 Å². The fourth-order valence-corrected chi connectivity index (χ4v) is 3.44. The van der Waals surface area contributed by atoms with Crippen LogP contribution >= 0.6 is 0 Å². The summed E-state index contributed by atoms with van der Waals surface area (Å²) in [5, 5.41) is 3.07. The molecule has 1 N–H and O–H groups in total. The summed E-state index contributed by atoms with van der Waals surface area (Å²) in [6.07, 6.45) is 2.25. The summed E-state index contributed by atoms with van der Waals surface area (Å²) >= 11 is 0. The summed E-state index contributed by atoms with van der Waals surface area (Å²) in [6, 6.07) is 10.3. The van der Waals surface area contributed by atoms with Crippen LogP contribution in [0.25, 0.3) is 0 Å². The molecule has 2 rings (SSSR count). The highest BCUT2D eigenvalue weighted by molar-refractivity contribution is 5.77. The molecule has 1 heterocycles. The van der Waals surface area contributed by atoms with Crippen LogP contribution in [-0.4, -0.2) is 56.3 Å². The predicted octanol–water partition coefficient (Wildman–Crippen LogP) is 2.46. The lowest BCUT2D eigenvalue weighted by molar-refractivity contribution is -0.126. The summed E-state index contributed by atoms with van der Waals surface area (Å²) in [6.45, 7) is 9.17. The third-order valence-electron chi connectivity index (χ3n) is 4.96. The average Bonchev–Trinajstić information content (AvgIpc) is 2.66. The number of amides is 1. The highest BCUT2D eigenvalue weighted by Crippen LogP contribution is 2.19. The molecule has 0 saturated carbocycles. The van der Waals surface area contributed by atoms with Gasteiger partial charge < -0.3 is 14.8 Å². The Morgan fingerprint density at radius 2 is 1.88 bits per heavy atom. The molecule has 0 radical (unpaired) electrons. The first kappa shape index (κ1) is 19.9. The van der Waals surface area contributed by atoms with Crippen molar-refractivity contribution < 1.29 is 14.3 Å². The first-order valence-electron chi connectivity index (χ1n) is 9.44. The van der Waals surface area contributed by atoms with Crippen molar-refractivity contribution in [1.82, 2.24) is 10.2 Å². The van der Waals surface area contributed by atoms with E-state index in [4.69, 9.17) is 9.47 Å². The molecule has 0 bridgehead atoms. The standard InChI is InChI=1S/C20H32N2O3/c1-3-18(4-2)19(22-10-12-24-13-11-22)14-21-20(23)16-25-15-17-8-6-5-7-9-17/h5-9,18-19H,3-4,10-16H2,1-2H3,(H,21,23). The smallest absolute Gasteiger partial charge is 0.246 e. The molecule has 5 nitrogen and oxygen atoms in total. The second kappa shape index (κ2) is 11.2. The van der Waals surface area contributed by atoms with Crippen LogP contribution in [0.4, 0.5) is 0 Å². The fraction of sp³-hybridized carbons (Fsp3) is 0.650. The SMILES string of the molecule is CCC(CC)C(CNC(=O)COCc1ccccc1)N1CCOCC1. The van der Waals surface area contributed by atoms with E-state index in [-0.39, 0.29) is 12.5 Å². The third-order valence-corrected chi connectivity index (χ3v) is 4.96. The fourth-order valence-electron chi connectivity index (χ4n) is 3.44. The lowest BCUT2D eigenvalue weighted by Crippen LogP contribution is -2.52. The molecule has 1 unspecified atom stereocenters. The highest BCUT2D eigenvalue weighted by atomic mass is 16.5. The molecule has 0 aliphatic carbocycles. The number of nitrogens with one attached hydrogen (secondary N) is 1. The molecule has 1 amide bonds. The zero-order valence-electron chi connectivity index (χ0n) is 15.6. The van der Waals surface area contributed by atoms with Gasteiger partial charge in [-0.05, 0) is 11.5 Å². The van der Waals surface area contributed by atoms with E-state index in [1.807, 2.05) is 30.3 Å². The molecule has 140 valence electrons. The van der Waals surface area contributed by atoms with E-state index >= 15 is 0 Å². The molecule has 5 heteroatoms. The van der Waals surface area contributed by atoms with Crippen LogP contribution in [0, 0.1) is 5.92 Å². The van der Waals surface area contributed by atoms with Gasteiger partial charge in [0.2, 0.25) is 5.91 Å². The molecule has 0 aromatic heterocycles. The van der Waals surface area contributed by atoms with Crippen molar-refractivity contribution in [3.05, 3.63) is 35.9 Å². The van der Waals surface area contributed by atoms with Crippen LogP contribution in [0.2, 0.25) is 0 Å². The number of benzene rings is 1. The molecular formula is C20H32N2O3. The summed E-state index contributed by atoms with van der Waals surface area (Å²) in [5.41, 5.74) is 1.08. The first-order chi connectivity index (χ1) is 12.2. The maximum absolute atomic E-state index is 12.1. The molecule has 0 spiro atoms. The van der Waals surface area contributed by atoms with E-state index in [2.05, 4.69) is 24.1 Å². The van der Waals surface area contributed by atoms with Crippen LogP contribution < -0.4 is 5.32 Å². The Morgan fingerprint density at radius 3 is 2.52 bits per heavy atom. The summed E-state index contributed by atoms with van der Waals surface area (Å²) < 4.78 is 11.0. The van der Waals surface area contributed by atoms with Gasteiger partial charge in [0.1, 0.15) is 6.61 Å². The van der Waals surface area contributed by atoms with Gasteiger partial charge >= 0.3 is 0 Å². The van der Waals surface area contributed by atoms with Crippen LogP contribution in [0.5, 0.6) is 0 Å². The van der Waals surface area contributed by atoms with Crippen LogP contribution in [0.1, 0.15) is 32.3 Å². The maximum atomic E-state index is 12.1. The molecule has 1 aliphatic heterocycles. The van der Waals surface area contributed by atoms with Crippen molar-refractivity contribution in [2.45, 2.75) is 39.3 Å². The van der Waals surface area contributed by atoms with Crippen LogP contribution in [0.15, 0.2) is 30.3 Å². The van der Waals surface area contributed by atoms with Crippen molar-refractivity contribution in [3.63, 3.8) is 0 Å². The monoisotopic (exact) mass is 348 g/mol. The molecule has 1 aromatic carbocycles. The molecule has 1 aliphatic rings. The molecule has 1 aromatic rings. The topological polar surface area (TPSA) is 50.8 Å². The van der Waals surface area contributed by atoms with Gasteiger partial charge in [-0.15, -0.1) is 0 Å². The molecular weight excluding hydrogens is 316 g/mol. The van der Waals surface area contributed by atoms with E-state index in [9.17, 15) is 4.79 Å². The minimum absolute atomic E-state index is 0.0415. The average molecular weight is 348 g/mol. The second-order valence-corrected chi connectivity index (χ2v) is 6.57. The van der Waals surface area contributed by atoms with E-state index in [1.165, 1.54) is 0 Å². The van der Waals surface area contributed by atoms with E-state index in [1.54, 1.807) is 0 Å². The minimum Gasteiger partial charge on any atom is -0.379 e. The van der Waals surface area contributed by atoms with Crippen molar-refractivity contribution in [2.75, 3.05) is 39.5 Å². The van der Waals surface area contributed by atoms with E-state index in [0.29, 0.717) is 25.1 Å². The third kappa shape index (κ3) is 6.77. The predicted molar refractivity (Wildman–Crippen MR) is 99.4 cm³/mol. The number of carbonyl (C=O) groups excluding carboxylic acids is 1. The van der Waals surface area contributed by atoms with Crippen molar-refractivity contribution in [3.8, 4) is 0 Å². The first-order valence-corrected chi connectivity index (χ1v) is 9.44. The van der Waals surface area contributed by atoms with Crippen LogP contribution in [0.3, 0.4) is 0 Å². The Hall–Kier alpha value is -1.43. The van der Waals surface area contributed by atoms with E-state index < -0.39 is 0 Å². The summed E-state index contributed by atoms with van der Waals surface area (Å²) in [4.78, 5) is 14.6. The zero-order valence-corrected chi connectivity index (χ0v) is 15.6. The summed E-state index contributed by atoms with van der Waals surface area (Å²) in [5.74, 6) is 0.545. The number of morpholine rings is 1. The number of hydrogen-bond acceptors (Lipinski definition) is 4. The Morgan fingerprint density at radius 1 is 1.20 bits per heavy atom. The van der Waals surface area contributed by atoms with Gasteiger partial charge in [0.25, 0.3) is 0 Å². The van der Waals surface area contributed by atoms with Gasteiger partial charge in [0, 0.05) is 25.7 Å². The zero-order chi connectivity index (χ0) is 17.9.